The highest BCUT2D eigenvalue weighted by molar-refractivity contribution is 5.94. The highest BCUT2D eigenvalue weighted by Gasteiger charge is 2.33. The summed E-state index contributed by atoms with van der Waals surface area (Å²) in [4.78, 5) is 17.2. The number of carbonyl (C=O) groups is 1. The standard InChI is InChI=1S/C17H24N2O2/c1-12-4-5-15(6-13(12)2)17(20)19-8-14-7-18(3)16(9-19)11-21-10-14/h4-6,14,16H,7-11H2,1-3H3/t14-,16+/m1/s1. The summed E-state index contributed by atoms with van der Waals surface area (Å²) >= 11 is 0. The highest BCUT2D eigenvalue weighted by Crippen LogP contribution is 2.20. The Morgan fingerprint density at radius 3 is 2.71 bits per heavy atom. The molecule has 2 heterocycles. The van der Waals surface area contributed by atoms with E-state index in [1.807, 2.05) is 23.1 Å². The van der Waals surface area contributed by atoms with Crippen molar-refractivity contribution in [2.75, 3.05) is 39.9 Å². The Morgan fingerprint density at radius 1 is 1.14 bits per heavy atom. The lowest BCUT2D eigenvalue weighted by Gasteiger charge is -2.30. The molecule has 2 bridgehead atoms. The molecule has 4 heteroatoms. The van der Waals surface area contributed by atoms with Gasteiger partial charge in [-0.05, 0) is 44.2 Å². The Labute approximate surface area is 126 Å². The van der Waals surface area contributed by atoms with Gasteiger partial charge in [-0.25, -0.2) is 0 Å². The van der Waals surface area contributed by atoms with Gasteiger partial charge in [0, 0.05) is 31.1 Å². The summed E-state index contributed by atoms with van der Waals surface area (Å²) in [6.07, 6.45) is 0. The minimum absolute atomic E-state index is 0.158. The van der Waals surface area contributed by atoms with Crippen molar-refractivity contribution in [1.82, 2.24) is 9.80 Å². The summed E-state index contributed by atoms with van der Waals surface area (Å²) in [5, 5.41) is 0. The number of benzene rings is 1. The van der Waals surface area contributed by atoms with E-state index in [-0.39, 0.29) is 5.91 Å². The van der Waals surface area contributed by atoms with E-state index in [9.17, 15) is 4.79 Å². The predicted molar refractivity (Wildman–Crippen MR) is 82.5 cm³/mol. The van der Waals surface area contributed by atoms with Crippen molar-refractivity contribution in [3.8, 4) is 0 Å². The van der Waals surface area contributed by atoms with Crippen LogP contribution in [0.15, 0.2) is 18.2 Å². The zero-order valence-electron chi connectivity index (χ0n) is 13.1. The van der Waals surface area contributed by atoms with Gasteiger partial charge in [0.1, 0.15) is 0 Å². The van der Waals surface area contributed by atoms with Crippen LogP contribution in [0.1, 0.15) is 21.5 Å². The molecular formula is C17H24N2O2. The third-order valence-electron chi connectivity index (χ3n) is 4.78. The Balaban J connectivity index is 1.82. The zero-order chi connectivity index (χ0) is 15.0. The maximum Gasteiger partial charge on any atom is 0.253 e. The van der Waals surface area contributed by atoms with Gasteiger partial charge in [-0.1, -0.05) is 6.07 Å². The quantitative estimate of drug-likeness (QED) is 0.788. The number of aryl methyl sites for hydroxylation is 2. The highest BCUT2D eigenvalue weighted by atomic mass is 16.5. The van der Waals surface area contributed by atoms with Crippen molar-refractivity contribution >= 4 is 5.91 Å². The molecule has 2 saturated heterocycles. The van der Waals surface area contributed by atoms with Crippen LogP contribution in [0.4, 0.5) is 0 Å². The number of carbonyl (C=O) groups excluding carboxylic acids is 1. The zero-order valence-corrected chi connectivity index (χ0v) is 13.1. The summed E-state index contributed by atoms with van der Waals surface area (Å²) in [6, 6.07) is 6.31. The normalized spacial score (nSPS) is 26.5. The number of fused-ring (bicyclic) bond motifs is 3. The molecule has 2 atom stereocenters. The van der Waals surface area contributed by atoms with Crippen LogP contribution >= 0.6 is 0 Å². The minimum atomic E-state index is 0.158. The Morgan fingerprint density at radius 2 is 1.95 bits per heavy atom. The van der Waals surface area contributed by atoms with Gasteiger partial charge < -0.3 is 9.64 Å². The maximum absolute atomic E-state index is 12.8. The average Bonchev–Trinajstić information content (AvgIpc) is 2.69. The van der Waals surface area contributed by atoms with Crippen molar-refractivity contribution in [3.63, 3.8) is 0 Å². The van der Waals surface area contributed by atoms with Crippen molar-refractivity contribution < 1.29 is 9.53 Å². The van der Waals surface area contributed by atoms with Gasteiger partial charge in [0.15, 0.2) is 0 Å². The van der Waals surface area contributed by atoms with Crippen LogP contribution in [-0.2, 0) is 4.74 Å². The molecule has 1 aromatic rings. The number of hydrogen-bond donors (Lipinski definition) is 0. The molecule has 0 aliphatic carbocycles. The van der Waals surface area contributed by atoms with E-state index in [0.29, 0.717) is 12.0 Å². The fraction of sp³-hybridized carbons (Fsp3) is 0.588. The topological polar surface area (TPSA) is 32.8 Å². The molecule has 2 fully saturated rings. The summed E-state index contributed by atoms with van der Waals surface area (Å²) in [5.74, 6) is 0.572. The summed E-state index contributed by atoms with van der Waals surface area (Å²) in [5.41, 5.74) is 3.21. The molecule has 114 valence electrons. The Kier molecular flexibility index (Phi) is 4.00. The summed E-state index contributed by atoms with van der Waals surface area (Å²) in [7, 11) is 2.14. The van der Waals surface area contributed by atoms with E-state index in [1.54, 1.807) is 0 Å². The van der Waals surface area contributed by atoms with Crippen LogP contribution in [0.25, 0.3) is 0 Å². The second kappa shape index (κ2) is 5.78. The lowest BCUT2D eigenvalue weighted by Crippen LogP contribution is -2.44. The molecule has 3 rings (SSSR count). The monoisotopic (exact) mass is 288 g/mol. The molecule has 2 aliphatic rings. The van der Waals surface area contributed by atoms with Gasteiger partial charge in [-0.2, -0.15) is 0 Å². The van der Waals surface area contributed by atoms with E-state index in [2.05, 4.69) is 25.8 Å². The fourth-order valence-corrected chi connectivity index (χ4v) is 3.27. The van der Waals surface area contributed by atoms with Crippen molar-refractivity contribution in [2.45, 2.75) is 19.9 Å². The van der Waals surface area contributed by atoms with Crippen LogP contribution in [0.3, 0.4) is 0 Å². The number of likely N-dealkylation sites (N-methyl/N-ethyl adjacent to an activating group) is 1. The molecular weight excluding hydrogens is 264 g/mol. The first kappa shape index (κ1) is 14.5. The van der Waals surface area contributed by atoms with Crippen molar-refractivity contribution in [3.05, 3.63) is 34.9 Å². The molecule has 4 nitrogen and oxygen atoms in total. The first-order valence-corrected chi connectivity index (χ1v) is 7.69. The van der Waals surface area contributed by atoms with Crippen molar-refractivity contribution in [1.29, 1.82) is 0 Å². The SMILES string of the molecule is Cc1ccc(C(=O)N2C[C@@H]3COC[C@H](C2)N(C)C3)cc1C. The molecule has 0 saturated carbocycles. The summed E-state index contributed by atoms with van der Waals surface area (Å²) in [6.45, 7) is 8.20. The molecule has 21 heavy (non-hydrogen) atoms. The number of amides is 1. The molecule has 0 unspecified atom stereocenters. The second-order valence-corrected chi connectivity index (χ2v) is 6.51. The molecule has 0 N–H and O–H groups in total. The molecule has 0 spiro atoms. The van der Waals surface area contributed by atoms with Crippen LogP contribution in [0.2, 0.25) is 0 Å². The van der Waals surface area contributed by atoms with Gasteiger partial charge >= 0.3 is 0 Å². The largest absolute Gasteiger partial charge is 0.379 e. The maximum atomic E-state index is 12.8. The predicted octanol–water partition coefficient (Wildman–Crippen LogP) is 1.71. The van der Waals surface area contributed by atoms with Crippen molar-refractivity contribution in [2.24, 2.45) is 5.92 Å². The lowest BCUT2D eigenvalue weighted by molar-refractivity contribution is 0.0433. The third-order valence-corrected chi connectivity index (χ3v) is 4.78. The van der Waals surface area contributed by atoms with Gasteiger partial charge in [0.05, 0.1) is 19.3 Å². The van der Waals surface area contributed by atoms with E-state index in [1.165, 1.54) is 11.1 Å². The average molecular weight is 288 g/mol. The molecule has 1 aromatic carbocycles. The second-order valence-electron chi connectivity index (χ2n) is 6.51. The Bertz CT molecular complexity index is 544. The summed E-state index contributed by atoms with van der Waals surface area (Å²) < 4.78 is 5.72. The number of ether oxygens (including phenoxy) is 1. The van der Waals surface area contributed by atoms with Gasteiger partial charge in [-0.15, -0.1) is 0 Å². The first-order chi connectivity index (χ1) is 10.0. The van der Waals surface area contributed by atoms with Crippen LogP contribution in [0.5, 0.6) is 0 Å². The van der Waals surface area contributed by atoms with Gasteiger partial charge in [-0.3, -0.25) is 9.69 Å². The van der Waals surface area contributed by atoms with Gasteiger partial charge in [0.25, 0.3) is 5.91 Å². The first-order valence-electron chi connectivity index (χ1n) is 7.69. The van der Waals surface area contributed by atoms with E-state index in [0.717, 1.165) is 38.4 Å². The fourth-order valence-electron chi connectivity index (χ4n) is 3.27. The number of rotatable bonds is 1. The number of nitrogens with zero attached hydrogens (tertiary/aromatic N) is 2. The Hall–Kier alpha value is -1.39. The lowest BCUT2D eigenvalue weighted by atomic mass is 10.0. The van der Waals surface area contributed by atoms with E-state index < -0.39 is 0 Å². The minimum Gasteiger partial charge on any atom is -0.379 e. The van der Waals surface area contributed by atoms with Crippen LogP contribution in [0, 0.1) is 19.8 Å². The number of hydrogen-bond acceptors (Lipinski definition) is 3. The van der Waals surface area contributed by atoms with E-state index >= 15 is 0 Å². The van der Waals surface area contributed by atoms with Crippen LogP contribution in [-0.4, -0.2) is 61.6 Å². The molecule has 2 aliphatic heterocycles. The van der Waals surface area contributed by atoms with Crippen LogP contribution < -0.4 is 0 Å². The molecule has 1 amide bonds. The third kappa shape index (κ3) is 2.97. The van der Waals surface area contributed by atoms with Gasteiger partial charge in [0.2, 0.25) is 0 Å². The smallest absolute Gasteiger partial charge is 0.253 e. The molecule has 0 aromatic heterocycles. The van der Waals surface area contributed by atoms with E-state index in [4.69, 9.17) is 4.74 Å². The molecule has 0 radical (unpaired) electrons.